The molecule has 120 valence electrons. The van der Waals surface area contributed by atoms with Crippen molar-refractivity contribution in [3.8, 4) is 0 Å². The van der Waals surface area contributed by atoms with E-state index < -0.39 is 6.03 Å². The smallest absolute Gasteiger partial charge is 0.321 e. The second-order valence-electron chi connectivity index (χ2n) is 5.37. The summed E-state index contributed by atoms with van der Waals surface area (Å²) in [4.78, 5) is 23.0. The Labute approximate surface area is 136 Å². The first-order valence-corrected chi connectivity index (χ1v) is 7.56. The molecule has 2 rings (SSSR count). The zero-order valence-corrected chi connectivity index (χ0v) is 13.4. The molecule has 0 aliphatic carbocycles. The fraction of sp³-hybridized carbons (Fsp3) is 0.222. The van der Waals surface area contributed by atoms with Crippen molar-refractivity contribution in [3.63, 3.8) is 0 Å². The van der Waals surface area contributed by atoms with Crippen LogP contribution in [0.5, 0.6) is 0 Å². The van der Waals surface area contributed by atoms with Gasteiger partial charge in [-0.05, 0) is 6.92 Å². The lowest BCUT2D eigenvalue weighted by atomic mass is 9.98. The molecule has 0 bridgehead atoms. The predicted molar refractivity (Wildman–Crippen MR) is 88.9 cm³/mol. The molecule has 0 aromatic heterocycles. The van der Waals surface area contributed by atoms with Gasteiger partial charge in [-0.3, -0.25) is 10.1 Å². The molecule has 0 aliphatic heterocycles. The highest BCUT2D eigenvalue weighted by molar-refractivity contribution is 5.94. The summed E-state index contributed by atoms with van der Waals surface area (Å²) in [6.07, 6.45) is 0. The van der Waals surface area contributed by atoms with Crippen molar-refractivity contribution < 1.29 is 14.9 Å². The van der Waals surface area contributed by atoms with Crippen LogP contribution in [0.2, 0.25) is 0 Å². The molecule has 3 amide bonds. The topological polar surface area (TPSA) is 74.8 Å². The maximum Gasteiger partial charge on any atom is 0.321 e. The Morgan fingerprint density at radius 2 is 1.61 bits per heavy atom. The molecule has 0 spiro atoms. The lowest BCUT2D eigenvalue weighted by Gasteiger charge is -2.16. The first kappa shape index (κ1) is 16.7. The Morgan fingerprint density at radius 3 is 2.22 bits per heavy atom. The number of carbonyl (C=O) groups is 2. The Balaban J connectivity index is 2.13. The predicted octanol–water partition coefficient (Wildman–Crippen LogP) is 1.10. The second kappa shape index (κ2) is 8.10. The molecule has 5 nitrogen and oxygen atoms in total. The number of urea groups is 1. The zero-order chi connectivity index (χ0) is 16.7. The average Bonchev–Trinajstić information content (AvgIpc) is 2.57. The van der Waals surface area contributed by atoms with Gasteiger partial charge in [-0.15, -0.1) is 0 Å². The summed E-state index contributed by atoms with van der Waals surface area (Å²) in [5, 5.41) is 6.57. The van der Waals surface area contributed by atoms with E-state index in [4.69, 9.17) is 0 Å². The molecule has 5 heteroatoms. The van der Waals surface area contributed by atoms with Crippen molar-refractivity contribution in [2.75, 3.05) is 13.6 Å². The molecule has 0 saturated heterocycles. The SMILES string of the molecule is CNC(=O)NC(=O)C[NH2+][C@@H](c1ccccc1)c1ccc(C)cc1. The molecular formula is C18H22N3O2+. The number of hydrogen-bond donors (Lipinski definition) is 3. The maximum absolute atomic E-state index is 11.8. The van der Waals surface area contributed by atoms with E-state index >= 15 is 0 Å². The molecule has 4 N–H and O–H groups in total. The Morgan fingerprint density at radius 1 is 1.00 bits per heavy atom. The lowest BCUT2D eigenvalue weighted by molar-refractivity contribution is -0.676. The monoisotopic (exact) mass is 312 g/mol. The van der Waals surface area contributed by atoms with Gasteiger partial charge in [0.15, 0.2) is 6.54 Å². The third-order valence-corrected chi connectivity index (χ3v) is 3.61. The number of nitrogens with two attached hydrogens (primary N) is 1. The van der Waals surface area contributed by atoms with Crippen molar-refractivity contribution in [2.45, 2.75) is 13.0 Å². The molecule has 0 saturated carbocycles. The number of amides is 3. The van der Waals surface area contributed by atoms with E-state index in [1.54, 1.807) is 0 Å². The van der Waals surface area contributed by atoms with Crippen LogP contribution in [0.25, 0.3) is 0 Å². The van der Waals surface area contributed by atoms with Crippen molar-refractivity contribution in [2.24, 2.45) is 0 Å². The average molecular weight is 312 g/mol. The summed E-state index contributed by atoms with van der Waals surface area (Å²) >= 11 is 0. The highest BCUT2D eigenvalue weighted by atomic mass is 16.2. The summed E-state index contributed by atoms with van der Waals surface area (Å²) in [6.45, 7) is 2.21. The summed E-state index contributed by atoms with van der Waals surface area (Å²) in [5.41, 5.74) is 3.43. The number of aryl methyl sites for hydroxylation is 1. The number of quaternary nitrogens is 1. The van der Waals surface area contributed by atoms with Crippen LogP contribution >= 0.6 is 0 Å². The van der Waals surface area contributed by atoms with Crippen molar-refractivity contribution in [1.82, 2.24) is 10.6 Å². The minimum atomic E-state index is -0.491. The minimum Gasteiger partial charge on any atom is -0.341 e. The molecule has 1 atom stereocenters. The first-order valence-electron chi connectivity index (χ1n) is 7.56. The van der Waals surface area contributed by atoms with Gasteiger partial charge in [0, 0.05) is 18.2 Å². The summed E-state index contributed by atoms with van der Waals surface area (Å²) < 4.78 is 0. The van der Waals surface area contributed by atoms with Gasteiger partial charge in [-0.1, -0.05) is 60.2 Å². The first-order chi connectivity index (χ1) is 11.1. The third-order valence-electron chi connectivity index (χ3n) is 3.61. The van der Waals surface area contributed by atoms with Crippen molar-refractivity contribution >= 4 is 11.9 Å². The normalized spacial score (nSPS) is 11.6. The van der Waals surface area contributed by atoms with Crippen LogP contribution < -0.4 is 16.0 Å². The van der Waals surface area contributed by atoms with Gasteiger partial charge >= 0.3 is 6.03 Å². The molecule has 2 aromatic carbocycles. The van der Waals surface area contributed by atoms with Gasteiger partial charge in [0.1, 0.15) is 6.04 Å². The maximum atomic E-state index is 11.8. The summed E-state index contributed by atoms with van der Waals surface area (Å²) in [6, 6.07) is 17.8. The van der Waals surface area contributed by atoms with E-state index in [1.165, 1.54) is 12.6 Å². The molecular weight excluding hydrogens is 290 g/mol. The van der Waals surface area contributed by atoms with Crippen LogP contribution in [0.4, 0.5) is 4.79 Å². The molecule has 0 fully saturated rings. The number of hydrogen-bond acceptors (Lipinski definition) is 2. The summed E-state index contributed by atoms with van der Waals surface area (Å²) in [5.74, 6) is -0.322. The van der Waals surface area contributed by atoms with E-state index in [0.29, 0.717) is 0 Å². The number of carbonyl (C=O) groups excluding carboxylic acids is 2. The van der Waals surface area contributed by atoms with Gasteiger partial charge in [0.05, 0.1) is 0 Å². The van der Waals surface area contributed by atoms with Gasteiger partial charge in [0.25, 0.3) is 5.91 Å². The van der Waals surface area contributed by atoms with Crippen molar-refractivity contribution in [1.29, 1.82) is 0 Å². The molecule has 23 heavy (non-hydrogen) atoms. The Kier molecular flexibility index (Phi) is 5.88. The highest BCUT2D eigenvalue weighted by Gasteiger charge is 2.19. The molecule has 0 unspecified atom stereocenters. The molecule has 2 aromatic rings. The second-order valence-corrected chi connectivity index (χ2v) is 5.37. The fourth-order valence-corrected chi connectivity index (χ4v) is 2.36. The number of benzene rings is 2. The largest absolute Gasteiger partial charge is 0.341 e. The standard InChI is InChI=1S/C18H21N3O2/c1-13-8-10-15(11-9-13)17(14-6-4-3-5-7-14)20-12-16(22)21-18(23)19-2/h3-11,17,20H,12H2,1-2H3,(H2,19,21,22,23)/p+1/t17-/m0/s1. The number of imide groups is 1. The molecule has 0 heterocycles. The van der Waals surface area contributed by atoms with E-state index in [-0.39, 0.29) is 18.5 Å². The number of rotatable bonds is 5. The van der Waals surface area contributed by atoms with Crippen LogP contribution in [0.3, 0.4) is 0 Å². The quantitative estimate of drug-likeness (QED) is 0.773. The van der Waals surface area contributed by atoms with Crippen molar-refractivity contribution in [3.05, 3.63) is 71.3 Å². The summed E-state index contributed by atoms with van der Waals surface area (Å²) in [7, 11) is 1.48. The van der Waals surface area contributed by atoms with Gasteiger partial charge < -0.3 is 10.6 Å². The van der Waals surface area contributed by atoms with Gasteiger partial charge in [-0.2, -0.15) is 0 Å². The van der Waals surface area contributed by atoms with Gasteiger partial charge in [0.2, 0.25) is 0 Å². The minimum absolute atomic E-state index is 0.00670. The van der Waals surface area contributed by atoms with Crippen LogP contribution in [0.15, 0.2) is 54.6 Å². The third kappa shape index (κ3) is 4.93. The van der Waals surface area contributed by atoms with E-state index in [2.05, 4.69) is 34.9 Å². The van der Waals surface area contributed by atoms with Crippen LogP contribution in [-0.4, -0.2) is 25.5 Å². The van der Waals surface area contributed by atoms with E-state index in [0.717, 1.165) is 11.1 Å². The Bertz CT molecular complexity index is 654. The lowest BCUT2D eigenvalue weighted by Crippen LogP contribution is -2.88. The van der Waals surface area contributed by atoms with Crippen LogP contribution in [-0.2, 0) is 4.79 Å². The fourth-order valence-electron chi connectivity index (χ4n) is 2.36. The molecule has 0 aliphatic rings. The highest BCUT2D eigenvalue weighted by Crippen LogP contribution is 2.18. The van der Waals surface area contributed by atoms with Crippen LogP contribution in [0.1, 0.15) is 22.7 Å². The molecule has 0 radical (unpaired) electrons. The zero-order valence-electron chi connectivity index (χ0n) is 13.4. The van der Waals surface area contributed by atoms with Gasteiger partial charge in [-0.25, -0.2) is 4.79 Å². The van der Waals surface area contributed by atoms with E-state index in [1.807, 2.05) is 42.6 Å². The van der Waals surface area contributed by atoms with E-state index in [9.17, 15) is 9.59 Å². The Hall–Kier alpha value is -2.66. The number of nitrogens with one attached hydrogen (secondary N) is 2. The van der Waals surface area contributed by atoms with Crippen LogP contribution in [0, 0.1) is 6.92 Å².